The maximum Gasteiger partial charge on any atom is 0.314 e. The standard InChI is InChI=1S/C23H27NO5/c1-15-9-16(2)11-21(10-15)29-23(26)17-5-7-24(8-6-17)22(25)18-12-19(27-3)14-20(13-18)28-4/h9-14,17H,5-8H2,1-4H3. The number of ether oxygens (including phenoxy) is 3. The Morgan fingerprint density at radius 3 is 1.90 bits per heavy atom. The first-order chi connectivity index (χ1) is 13.9. The van der Waals surface area contributed by atoms with Crippen LogP contribution < -0.4 is 14.2 Å². The number of benzene rings is 2. The number of esters is 1. The normalized spacial score (nSPS) is 14.4. The predicted octanol–water partition coefficient (Wildman–Crippen LogP) is 3.78. The highest BCUT2D eigenvalue weighted by Gasteiger charge is 2.29. The van der Waals surface area contributed by atoms with Gasteiger partial charge in [-0.3, -0.25) is 9.59 Å². The second-order valence-electron chi connectivity index (χ2n) is 7.41. The molecule has 0 spiro atoms. The monoisotopic (exact) mass is 397 g/mol. The zero-order chi connectivity index (χ0) is 21.0. The third-order valence-electron chi connectivity index (χ3n) is 5.13. The van der Waals surface area contributed by atoms with Gasteiger partial charge in [0.15, 0.2) is 0 Å². The Kier molecular flexibility index (Phi) is 6.42. The smallest absolute Gasteiger partial charge is 0.314 e. The van der Waals surface area contributed by atoms with Gasteiger partial charge in [0.2, 0.25) is 0 Å². The predicted molar refractivity (Wildman–Crippen MR) is 110 cm³/mol. The summed E-state index contributed by atoms with van der Waals surface area (Å²) in [5.41, 5.74) is 2.63. The Hall–Kier alpha value is -3.02. The van der Waals surface area contributed by atoms with Crippen LogP contribution in [0.25, 0.3) is 0 Å². The van der Waals surface area contributed by atoms with E-state index in [-0.39, 0.29) is 17.8 Å². The Morgan fingerprint density at radius 1 is 0.828 bits per heavy atom. The highest BCUT2D eigenvalue weighted by Crippen LogP contribution is 2.26. The molecule has 0 aliphatic carbocycles. The fourth-order valence-corrected chi connectivity index (χ4v) is 3.62. The average molecular weight is 397 g/mol. The largest absolute Gasteiger partial charge is 0.497 e. The van der Waals surface area contributed by atoms with Crippen LogP contribution in [0.3, 0.4) is 0 Å². The van der Waals surface area contributed by atoms with Gasteiger partial charge >= 0.3 is 5.97 Å². The third-order valence-corrected chi connectivity index (χ3v) is 5.13. The number of carbonyl (C=O) groups excluding carboxylic acids is 2. The van der Waals surface area contributed by atoms with Gasteiger partial charge in [0, 0.05) is 24.7 Å². The van der Waals surface area contributed by atoms with Crippen molar-refractivity contribution in [3.63, 3.8) is 0 Å². The molecule has 0 unspecified atom stereocenters. The van der Waals surface area contributed by atoms with Crippen LogP contribution in [-0.2, 0) is 4.79 Å². The van der Waals surface area contributed by atoms with Crippen molar-refractivity contribution in [2.75, 3.05) is 27.3 Å². The molecule has 1 saturated heterocycles. The summed E-state index contributed by atoms with van der Waals surface area (Å²) in [7, 11) is 3.10. The summed E-state index contributed by atoms with van der Waals surface area (Å²) in [6.45, 7) is 4.96. The lowest BCUT2D eigenvalue weighted by molar-refractivity contribution is -0.140. The van der Waals surface area contributed by atoms with E-state index in [9.17, 15) is 9.59 Å². The van der Waals surface area contributed by atoms with Crippen LogP contribution in [0, 0.1) is 19.8 Å². The fourth-order valence-electron chi connectivity index (χ4n) is 3.62. The maximum atomic E-state index is 12.9. The summed E-state index contributed by atoms with van der Waals surface area (Å²) in [6.07, 6.45) is 1.16. The molecule has 0 N–H and O–H groups in total. The van der Waals surface area contributed by atoms with Crippen molar-refractivity contribution in [2.24, 2.45) is 5.92 Å². The van der Waals surface area contributed by atoms with Crippen molar-refractivity contribution in [2.45, 2.75) is 26.7 Å². The molecule has 3 rings (SSSR count). The number of hydrogen-bond acceptors (Lipinski definition) is 5. The van der Waals surface area contributed by atoms with Crippen molar-refractivity contribution in [3.8, 4) is 17.2 Å². The number of hydrogen-bond donors (Lipinski definition) is 0. The van der Waals surface area contributed by atoms with Gasteiger partial charge in [-0.15, -0.1) is 0 Å². The maximum absolute atomic E-state index is 12.9. The van der Waals surface area contributed by atoms with Crippen LogP contribution >= 0.6 is 0 Å². The zero-order valence-electron chi connectivity index (χ0n) is 17.4. The van der Waals surface area contributed by atoms with E-state index < -0.39 is 0 Å². The van der Waals surface area contributed by atoms with E-state index in [4.69, 9.17) is 14.2 Å². The van der Waals surface area contributed by atoms with Gasteiger partial charge in [-0.05, 0) is 62.1 Å². The molecule has 0 radical (unpaired) electrons. The van der Waals surface area contributed by atoms with E-state index in [1.165, 1.54) is 0 Å². The van der Waals surface area contributed by atoms with E-state index in [0.29, 0.717) is 48.7 Å². The first-order valence-electron chi connectivity index (χ1n) is 9.72. The molecule has 1 amide bonds. The van der Waals surface area contributed by atoms with Crippen LogP contribution in [0.2, 0.25) is 0 Å². The van der Waals surface area contributed by atoms with Gasteiger partial charge in [-0.25, -0.2) is 0 Å². The summed E-state index contributed by atoms with van der Waals surface area (Å²) in [4.78, 5) is 27.2. The van der Waals surface area contributed by atoms with Gasteiger partial charge in [0.25, 0.3) is 5.91 Å². The molecule has 0 saturated carbocycles. The molecule has 2 aromatic rings. The number of likely N-dealkylation sites (tertiary alicyclic amines) is 1. The summed E-state index contributed by atoms with van der Waals surface area (Å²) in [5.74, 6) is 1.18. The lowest BCUT2D eigenvalue weighted by Crippen LogP contribution is -2.41. The second-order valence-corrected chi connectivity index (χ2v) is 7.41. The number of piperidine rings is 1. The van der Waals surface area contributed by atoms with Gasteiger partial charge in [-0.1, -0.05) is 6.07 Å². The number of rotatable bonds is 5. The molecule has 0 atom stereocenters. The van der Waals surface area contributed by atoms with E-state index in [1.807, 2.05) is 32.0 Å². The second kappa shape index (κ2) is 8.99. The molecule has 1 fully saturated rings. The molecular formula is C23H27NO5. The van der Waals surface area contributed by atoms with Crippen molar-refractivity contribution >= 4 is 11.9 Å². The minimum absolute atomic E-state index is 0.0941. The van der Waals surface area contributed by atoms with Gasteiger partial charge < -0.3 is 19.1 Å². The highest BCUT2D eigenvalue weighted by atomic mass is 16.5. The molecule has 6 heteroatoms. The van der Waals surface area contributed by atoms with E-state index in [1.54, 1.807) is 37.3 Å². The molecule has 1 aliphatic heterocycles. The summed E-state index contributed by atoms with van der Waals surface area (Å²) in [5, 5.41) is 0. The van der Waals surface area contributed by atoms with Crippen LogP contribution in [0.1, 0.15) is 34.3 Å². The van der Waals surface area contributed by atoms with Crippen LogP contribution in [0.5, 0.6) is 17.2 Å². The summed E-state index contributed by atoms with van der Waals surface area (Å²) in [6, 6.07) is 10.9. The van der Waals surface area contributed by atoms with Crippen LogP contribution in [-0.4, -0.2) is 44.1 Å². The van der Waals surface area contributed by atoms with Crippen LogP contribution in [0.15, 0.2) is 36.4 Å². The van der Waals surface area contributed by atoms with Crippen molar-refractivity contribution in [1.82, 2.24) is 4.90 Å². The minimum Gasteiger partial charge on any atom is -0.497 e. The molecular weight excluding hydrogens is 370 g/mol. The molecule has 1 aliphatic rings. The Labute approximate surface area is 171 Å². The van der Waals surface area contributed by atoms with E-state index in [0.717, 1.165) is 11.1 Å². The minimum atomic E-state index is -0.231. The number of aryl methyl sites for hydroxylation is 2. The topological polar surface area (TPSA) is 65.1 Å². The average Bonchev–Trinajstić information content (AvgIpc) is 2.72. The third kappa shape index (κ3) is 5.08. The van der Waals surface area contributed by atoms with Crippen molar-refractivity contribution < 1.29 is 23.8 Å². The van der Waals surface area contributed by atoms with Crippen LogP contribution in [0.4, 0.5) is 0 Å². The lowest BCUT2D eigenvalue weighted by atomic mass is 9.96. The SMILES string of the molecule is COc1cc(OC)cc(C(=O)N2CCC(C(=O)Oc3cc(C)cc(C)c3)CC2)c1. The molecule has 0 aromatic heterocycles. The lowest BCUT2D eigenvalue weighted by Gasteiger charge is -2.31. The molecule has 2 aromatic carbocycles. The molecule has 29 heavy (non-hydrogen) atoms. The van der Waals surface area contributed by atoms with Gasteiger partial charge in [-0.2, -0.15) is 0 Å². The number of nitrogens with zero attached hydrogens (tertiary/aromatic N) is 1. The van der Waals surface area contributed by atoms with E-state index in [2.05, 4.69) is 0 Å². The zero-order valence-corrected chi connectivity index (χ0v) is 17.4. The molecule has 1 heterocycles. The van der Waals surface area contributed by atoms with Gasteiger partial charge in [0.1, 0.15) is 17.2 Å². The molecule has 154 valence electrons. The molecule has 0 bridgehead atoms. The van der Waals surface area contributed by atoms with Crippen molar-refractivity contribution in [1.29, 1.82) is 0 Å². The summed E-state index contributed by atoms with van der Waals surface area (Å²) >= 11 is 0. The first kappa shape index (κ1) is 20.7. The number of methoxy groups -OCH3 is 2. The quantitative estimate of drug-likeness (QED) is 0.568. The fraction of sp³-hybridized carbons (Fsp3) is 0.391. The Bertz CT molecular complexity index is 858. The Morgan fingerprint density at radius 2 is 1.38 bits per heavy atom. The van der Waals surface area contributed by atoms with E-state index >= 15 is 0 Å². The van der Waals surface area contributed by atoms with Gasteiger partial charge in [0.05, 0.1) is 20.1 Å². The number of amides is 1. The Balaban J connectivity index is 1.61. The highest BCUT2D eigenvalue weighted by molar-refractivity contribution is 5.95. The summed E-state index contributed by atoms with van der Waals surface area (Å²) < 4.78 is 16.1. The first-order valence-corrected chi connectivity index (χ1v) is 9.72. The van der Waals surface area contributed by atoms with Crippen molar-refractivity contribution in [3.05, 3.63) is 53.1 Å². The number of carbonyl (C=O) groups is 2. The molecule has 6 nitrogen and oxygen atoms in total.